The van der Waals surface area contributed by atoms with Crippen LogP contribution in [0.25, 0.3) is 17.2 Å². The first kappa shape index (κ1) is 29.7. The quantitative estimate of drug-likeness (QED) is 0.246. The predicted octanol–water partition coefficient (Wildman–Crippen LogP) is 8.65. The molecule has 2 aliphatic carbocycles. The fourth-order valence-electron chi connectivity index (χ4n) is 5.45. The van der Waals surface area contributed by atoms with Crippen LogP contribution in [0.4, 0.5) is 0 Å². The van der Waals surface area contributed by atoms with Gasteiger partial charge in [-0.3, -0.25) is 0 Å². The van der Waals surface area contributed by atoms with E-state index in [9.17, 15) is 0 Å². The van der Waals surface area contributed by atoms with Crippen LogP contribution in [0.5, 0.6) is 0 Å². The molecule has 0 nitrogen and oxygen atoms in total. The van der Waals surface area contributed by atoms with Crippen LogP contribution in [0, 0.1) is 28.8 Å². The monoisotopic (exact) mass is 594 g/mol. The van der Waals surface area contributed by atoms with Gasteiger partial charge >= 0.3 is 209 Å². The summed E-state index contributed by atoms with van der Waals surface area (Å²) in [5.41, 5.74) is 18.0. The van der Waals surface area contributed by atoms with E-state index >= 15 is 0 Å². The molecule has 0 aliphatic heterocycles. The summed E-state index contributed by atoms with van der Waals surface area (Å²) in [5, 5.41) is 0. The van der Waals surface area contributed by atoms with E-state index < -0.39 is 25.8 Å². The van der Waals surface area contributed by atoms with Crippen molar-refractivity contribution in [3.8, 4) is 34.1 Å². The zero-order valence-corrected chi connectivity index (χ0v) is 26.8. The molecule has 4 rings (SSSR count). The normalized spacial score (nSPS) is 17.7. The van der Waals surface area contributed by atoms with Gasteiger partial charge in [0.05, 0.1) is 0 Å². The van der Waals surface area contributed by atoms with Gasteiger partial charge in [0.25, 0.3) is 0 Å². The van der Waals surface area contributed by atoms with Gasteiger partial charge in [-0.25, -0.2) is 0 Å². The van der Waals surface area contributed by atoms with Crippen LogP contribution < -0.4 is 0 Å². The van der Waals surface area contributed by atoms with E-state index in [1.54, 1.807) is 14.4 Å². The van der Waals surface area contributed by atoms with Gasteiger partial charge in [-0.2, -0.15) is 0 Å². The molecular formula is C31H34Cl2SiZr. The number of hydrogen-bond acceptors (Lipinski definition) is 0. The average Bonchev–Trinajstić information content (AvgIpc) is 3.25. The fraction of sp³-hybridized carbons (Fsp3) is 0.290. The van der Waals surface area contributed by atoms with Gasteiger partial charge in [-0.1, -0.05) is 0 Å². The van der Waals surface area contributed by atoms with Gasteiger partial charge < -0.3 is 0 Å². The van der Waals surface area contributed by atoms with E-state index in [1.165, 1.54) is 33.4 Å². The molecule has 180 valence electrons. The molecule has 0 radical (unpaired) electrons. The van der Waals surface area contributed by atoms with Gasteiger partial charge in [0.1, 0.15) is 0 Å². The molecule has 35 heavy (non-hydrogen) atoms. The molecule has 2 aromatic carbocycles. The summed E-state index contributed by atoms with van der Waals surface area (Å²) in [6.45, 7) is 15.8. The number of fused-ring (bicyclic) bond motifs is 1. The number of rotatable bonds is 3. The van der Waals surface area contributed by atoms with Crippen molar-refractivity contribution in [1.82, 2.24) is 0 Å². The van der Waals surface area contributed by atoms with Crippen molar-refractivity contribution in [2.75, 3.05) is 0 Å². The van der Waals surface area contributed by atoms with Gasteiger partial charge in [-0.15, -0.1) is 24.8 Å². The van der Waals surface area contributed by atoms with Crippen LogP contribution >= 0.6 is 24.8 Å². The molecule has 0 fully saturated rings. The molecule has 0 heterocycles. The fourth-order valence-corrected chi connectivity index (χ4v) is 26.1. The summed E-state index contributed by atoms with van der Waals surface area (Å²) in [6.07, 6.45) is 2.48. The second-order valence-electron chi connectivity index (χ2n) is 9.10. The first-order valence-electron chi connectivity index (χ1n) is 11.8. The van der Waals surface area contributed by atoms with E-state index in [-0.39, 0.29) is 24.8 Å². The summed E-state index contributed by atoms with van der Waals surface area (Å²) < 4.78 is 2.29. The second kappa shape index (κ2) is 12.6. The van der Waals surface area contributed by atoms with Gasteiger partial charge in [0.15, 0.2) is 0 Å². The van der Waals surface area contributed by atoms with E-state index in [2.05, 4.69) is 112 Å². The van der Waals surface area contributed by atoms with Gasteiger partial charge in [0, 0.05) is 0 Å². The summed E-state index contributed by atoms with van der Waals surface area (Å²) in [7, 11) is 0. The summed E-state index contributed by atoms with van der Waals surface area (Å²) in [5.74, 6) is 7.12. The molecule has 0 amide bonds. The maximum absolute atomic E-state index is 3.69. The average molecular weight is 597 g/mol. The predicted molar refractivity (Wildman–Crippen MR) is 156 cm³/mol. The topological polar surface area (TPSA) is 0 Å². The second-order valence-corrected chi connectivity index (χ2v) is 22.0. The van der Waals surface area contributed by atoms with Crippen molar-refractivity contribution < 1.29 is 20.4 Å². The number of allylic oxidation sites excluding steroid dienone is 5. The molecule has 0 spiro atoms. The molecule has 2 atom stereocenters. The molecule has 4 heteroatoms. The summed E-state index contributed by atoms with van der Waals surface area (Å²) in [4.78, 5) is 0. The maximum Gasteiger partial charge on any atom is -0.147 e. The Balaban J connectivity index is 0.00000216. The van der Waals surface area contributed by atoms with E-state index in [4.69, 9.17) is 0 Å². The third-order valence-electron chi connectivity index (χ3n) is 7.35. The van der Waals surface area contributed by atoms with Crippen LogP contribution in [0.1, 0.15) is 63.2 Å². The molecule has 0 saturated heterocycles. The number of benzene rings is 2. The van der Waals surface area contributed by atoms with Crippen LogP contribution in [0.2, 0.25) is 0 Å². The first-order chi connectivity index (χ1) is 15.9. The Morgan fingerprint density at radius 2 is 1.43 bits per heavy atom. The largest absolute Gasteiger partial charge is 0.147 e. The van der Waals surface area contributed by atoms with Crippen molar-refractivity contribution in [2.24, 2.45) is 5.92 Å². The molecule has 0 bridgehead atoms. The van der Waals surface area contributed by atoms with E-state index in [0.29, 0.717) is 9.54 Å². The van der Waals surface area contributed by atoms with Crippen molar-refractivity contribution in [3.63, 3.8) is 0 Å². The number of halogens is 2. The molecule has 2 unspecified atom stereocenters. The Labute approximate surface area is 232 Å². The smallest absolute Gasteiger partial charge is 0.147 e. The minimum Gasteiger partial charge on any atom is -0.147 e. The summed E-state index contributed by atoms with van der Waals surface area (Å²) in [6, 6.07) is 17.8. The van der Waals surface area contributed by atoms with Crippen molar-refractivity contribution in [2.45, 2.75) is 52.1 Å². The van der Waals surface area contributed by atoms with Crippen molar-refractivity contribution >= 4 is 36.3 Å². The van der Waals surface area contributed by atoms with Crippen LogP contribution in [0.15, 0.2) is 74.1 Å². The minimum atomic E-state index is -2.36. The van der Waals surface area contributed by atoms with Crippen LogP contribution in [-0.4, -0.2) is 5.43 Å². The molecule has 2 aliphatic rings. The Hall–Kier alpha value is -1.54. The standard InChI is InChI=1S/C16H13.C9H13.C6H6Si.2ClH.Zr/c1-12-10-14-8-5-9-15(16(14)11-12)13-6-3-2-4-7-13;1-6-5-7(2)9(4)8(6)3;1-3-5-7-6-4-2;;;/h2-11H,1H3;6H,1-4H3;1-2H3;2*1H;. The third kappa shape index (κ3) is 5.43. The van der Waals surface area contributed by atoms with E-state index in [1.807, 2.05) is 13.8 Å². The van der Waals surface area contributed by atoms with Crippen molar-refractivity contribution in [3.05, 3.63) is 85.2 Å². The molecule has 0 aromatic heterocycles. The molecule has 0 N–H and O–H groups in total. The van der Waals surface area contributed by atoms with Gasteiger partial charge in [-0.05, 0) is 0 Å². The maximum atomic E-state index is 3.69. The number of hydrogen-bond donors (Lipinski definition) is 0. The SMILES string of the molecule is CC#C[Si](C#CC)=[Zr]([C]1=C(C)C(C)=C(C)C1C)[CH]1C(C)=Cc2c(-c3ccccc3)cccc21.Cl.Cl. The zero-order valence-electron chi connectivity index (χ0n) is 21.7. The summed E-state index contributed by atoms with van der Waals surface area (Å²) >= 11 is -2.36. The molecular weight excluding hydrogens is 563 g/mol. The molecule has 0 saturated carbocycles. The zero-order chi connectivity index (χ0) is 23.7. The third-order valence-corrected chi connectivity index (χ3v) is 24.7. The Morgan fingerprint density at radius 3 is 1.97 bits per heavy atom. The Morgan fingerprint density at radius 1 is 0.800 bits per heavy atom. The Bertz CT molecular complexity index is 1360. The minimum absolute atomic E-state index is 0. The van der Waals surface area contributed by atoms with Gasteiger partial charge in [0.2, 0.25) is 0 Å². The van der Waals surface area contributed by atoms with E-state index in [0.717, 1.165) is 0 Å². The first-order valence-corrected chi connectivity index (χ1v) is 19.6. The van der Waals surface area contributed by atoms with Crippen LogP contribution in [-0.2, 0) is 20.4 Å². The Kier molecular flexibility index (Phi) is 10.7. The molecule has 2 aromatic rings. The van der Waals surface area contributed by atoms with Crippen molar-refractivity contribution in [1.29, 1.82) is 0 Å². The van der Waals surface area contributed by atoms with Crippen LogP contribution in [0.3, 0.4) is 0 Å².